The summed E-state index contributed by atoms with van der Waals surface area (Å²) in [5.41, 5.74) is 1.96. The van der Waals surface area contributed by atoms with E-state index in [2.05, 4.69) is 27.9 Å². The van der Waals surface area contributed by atoms with Crippen LogP contribution in [-0.2, 0) is 11.3 Å². The van der Waals surface area contributed by atoms with E-state index < -0.39 is 0 Å². The number of guanidine groups is 1. The van der Waals surface area contributed by atoms with Crippen molar-refractivity contribution in [1.82, 2.24) is 10.6 Å². The smallest absolute Gasteiger partial charge is 0.221 e. The third kappa shape index (κ3) is 3.48. The van der Waals surface area contributed by atoms with Crippen molar-refractivity contribution in [3.05, 3.63) is 29.8 Å². The molecule has 1 aliphatic heterocycles. The largest absolute Gasteiger partial charge is 0.352 e. The van der Waals surface area contributed by atoms with Crippen molar-refractivity contribution in [2.45, 2.75) is 26.4 Å². The van der Waals surface area contributed by atoms with Gasteiger partial charge in [-0.2, -0.15) is 0 Å². The molecule has 1 aromatic rings. The Morgan fingerprint density at radius 1 is 1.44 bits per heavy atom. The topological polar surface area (TPSA) is 65.5 Å². The summed E-state index contributed by atoms with van der Waals surface area (Å²) in [5.74, 6) is 0.799. The highest BCUT2D eigenvalue weighted by molar-refractivity contribution is 5.88. The molecule has 2 rings (SSSR count). The minimum atomic E-state index is -0.0561. The SMILES string of the molecule is CC(=O)Nc1ccc(CNC2=NCC(C)N2)cc1. The molecule has 0 spiro atoms. The number of carbonyl (C=O) groups excluding carboxylic acids is 1. The Balaban J connectivity index is 1.85. The van der Waals surface area contributed by atoms with Gasteiger partial charge in [0.05, 0.1) is 6.54 Å². The zero-order valence-corrected chi connectivity index (χ0v) is 10.7. The van der Waals surface area contributed by atoms with Crippen molar-refractivity contribution in [2.24, 2.45) is 4.99 Å². The van der Waals surface area contributed by atoms with Crippen molar-refractivity contribution < 1.29 is 4.79 Å². The fraction of sp³-hybridized carbons (Fsp3) is 0.385. The number of amides is 1. The van der Waals surface area contributed by atoms with Crippen LogP contribution in [0.2, 0.25) is 0 Å². The molecule has 0 bridgehead atoms. The molecule has 1 atom stereocenters. The molecule has 3 N–H and O–H groups in total. The fourth-order valence-corrected chi connectivity index (χ4v) is 1.75. The normalized spacial score (nSPS) is 17.9. The Hall–Kier alpha value is -2.04. The van der Waals surface area contributed by atoms with Crippen molar-refractivity contribution >= 4 is 17.6 Å². The number of benzene rings is 1. The number of hydrogen-bond acceptors (Lipinski definition) is 4. The number of aliphatic imine (C=N–C) groups is 1. The lowest BCUT2D eigenvalue weighted by Gasteiger charge is -2.09. The highest BCUT2D eigenvalue weighted by atomic mass is 16.1. The molecular weight excluding hydrogens is 228 g/mol. The van der Waals surface area contributed by atoms with Crippen molar-refractivity contribution in [2.75, 3.05) is 11.9 Å². The molecule has 96 valence electrons. The number of carbonyl (C=O) groups is 1. The van der Waals surface area contributed by atoms with E-state index in [9.17, 15) is 4.79 Å². The van der Waals surface area contributed by atoms with Gasteiger partial charge in [0.25, 0.3) is 0 Å². The first-order valence-electron chi connectivity index (χ1n) is 6.05. The van der Waals surface area contributed by atoms with Crippen molar-refractivity contribution in [3.8, 4) is 0 Å². The summed E-state index contributed by atoms with van der Waals surface area (Å²) in [6.45, 7) is 5.14. The van der Waals surface area contributed by atoms with Crippen LogP contribution in [0.15, 0.2) is 29.3 Å². The summed E-state index contributed by atoms with van der Waals surface area (Å²) in [6.07, 6.45) is 0. The van der Waals surface area contributed by atoms with Gasteiger partial charge in [-0.3, -0.25) is 9.79 Å². The third-order valence-corrected chi connectivity index (χ3v) is 2.64. The Morgan fingerprint density at radius 2 is 2.17 bits per heavy atom. The molecule has 1 heterocycles. The number of nitrogens with one attached hydrogen (secondary N) is 3. The number of hydrogen-bond donors (Lipinski definition) is 3. The van der Waals surface area contributed by atoms with Crippen LogP contribution in [0.4, 0.5) is 5.69 Å². The third-order valence-electron chi connectivity index (χ3n) is 2.64. The summed E-state index contributed by atoms with van der Waals surface area (Å²) in [6, 6.07) is 8.17. The Kier molecular flexibility index (Phi) is 3.82. The maximum Gasteiger partial charge on any atom is 0.221 e. The monoisotopic (exact) mass is 246 g/mol. The van der Waals surface area contributed by atoms with Gasteiger partial charge in [0.15, 0.2) is 5.96 Å². The number of rotatable bonds is 3. The maximum absolute atomic E-state index is 10.9. The summed E-state index contributed by atoms with van der Waals surface area (Å²) in [7, 11) is 0. The quantitative estimate of drug-likeness (QED) is 0.748. The van der Waals surface area contributed by atoms with Crippen LogP contribution in [0.1, 0.15) is 19.4 Å². The van der Waals surface area contributed by atoms with E-state index in [1.165, 1.54) is 6.92 Å². The van der Waals surface area contributed by atoms with E-state index in [1.54, 1.807) is 0 Å². The highest BCUT2D eigenvalue weighted by Crippen LogP contribution is 2.09. The van der Waals surface area contributed by atoms with Gasteiger partial charge in [-0.25, -0.2) is 0 Å². The molecule has 1 unspecified atom stereocenters. The summed E-state index contributed by atoms with van der Waals surface area (Å²) in [5, 5.41) is 9.22. The van der Waals surface area contributed by atoms with Crippen molar-refractivity contribution in [3.63, 3.8) is 0 Å². The first-order chi connectivity index (χ1) is 8.63. The molecule has 0 fully saturated rings. The Morgan fingerprint density at radius 3 is 2.72 bits per heavy atom. The van der Waals surface area contributed by atoms with E-state index in [1.807, 2.05) is 24.3 Å². The lowest BCUT2D eigenvalue weighted by atomic mass is 10.2. The van der Waals surface area contributed by atoms with E-state index in [0.717, 1.165) is 30.3 Å². The lowest BCUT2D eigenvalue weighted by molar-refractivity contribution is -0.114. The molecule has 0 saturated heterocycles. The zero-order valence-electron chi connectivity index (χ0n) is 10.7. The molecule has 18 heavy (non-hydrogen) atoms. The van der Waals surface area contributed by atoms with Gasteiger partial charge in [-0.05, 0) is 24.6 Å². The van der Waals surface area contributed by atoms with Crippen LogP contribution in [0.5, 0.6) is 0 Å². The fourth-order valence-electron chi connectivity index (χ4n) is 1.75. The van der Waals surface area contributed by atoms with Crippen LogP contribution < -0.4 is 16.0 Å². The standard InChI is InChI=1S/C13H18N4O/c1-9-7-14-13(16-9)15-8-11-3-5-12(6-4-11)17-10(2)18/h3-6,9H,7-8H2,1-2H3,(H,17,18)(H2,14,15,16). The molecule has 0 saturated carbocycles. The summed E-state index contributed by atoms with van der Waals surface area (Å²) < 4.78 is 0. The van der Waals surface area contributed by atoms with Gasteiger partial charge in [0.2, 0.25) is 5.91 Å². The molecule has 0 aliphatic carbocycles. The van der Waals surface area contributed by atoms with Gasteiger partial charge in [0, 0.05) is 25.2 Å². The zero-order chi connectivity index (χ0) is 13.0. The van der Waals surface area contributed by atoms with E-state index >= 15 is 0 Å². The predicted octanol–water partition coefficient (Wildman–Crippen LogP) is 1.08. The molecule has 1 aliphatic rings. The van der Waals surface area contributed by atoms with Crippen LogP contribution in [0, 0.1) is 0 Å². The van der Waals surface area contributed by atoms with Gasteiger partial charge < -0.3 is 16.0 Å². The second-order valence-electron chi connectivity index (χ2n) is 4.47. The van der Waals surface area contributed by atoms with Gasteiger partial charge >= 0.3 is 0 Å². The van der Waals surface area contributed by atoms with E-state index in [4.69, 9.17) is 0 Å². The van der Waals surface area contributed by atoms with Gasteiger partial charge in [-0.1, -0.05) is 12.1 Å². The molecule has 5 heteroatoms. The van der Waals surface area contributed by atoms with Crippen LogP contribution in [0.25, 0.3) is 0 Å². The van der Waals surface area contributed by atoms with Crippen LogP contribution in [-0.4, -0.2) is 24.5 Å². The molecule has 1 aromatic carbocycles. The molecule has 5 nitrogen and oxygen atoms in total. The summed E-state index contributed by atoms with van der Waals surface area (Å²) in [4.78, 5) is 15.2. The van der Waals surface area contributed by atoms with E-state index in [-0.39, 0.29) is 5.91 Å². The first-order valence-corrected chi connectivity index (χ1v) is 6.05. The van der Waals surface area contributed by atoms with Crippen molar-refractivity contribution in [1.29, 1.82) is 0 Å². The van der Waals surface area contributed by atoms with Gasteiger partial charge in [0.1, 0.15) is 0 Å². The average Bonchev–Trinajstić information content (AvgIpc) is 2.74. The second-order valence-corrected chi connectivity index (χ2v) is 4.47. The Bertz CT molecular complexity index is 453. The average molecular weight is 246 g/mol. The minimum absolute atomic E-state index is 0.0561. The highest BCUT2D eigenvalue weighted by Gasteiger charge is 2.11. The maximum atomic E-state index is 10.9. The molecule has 0 aromatic heterocycles. The number of nitrogens with zero attached hydrogens (tertiary/aromatic N) is 1. The van der Waals surface area contributed by atoms with Crippen LogP contribution >= 0.6 is 0 Å². The molecule has 1 amide bonds. The predicted molar refractivity (Wildman–Crippen MR) is 72.5 cm³/mol. The van der Waals surface area contributed by atoms with Crippen LogP contribution in [0.3, 0.4) is 0 Å². The van der Waals surface area contributed by atoms with E-state index in [0.29, 0.717) is 6.04 Å². The van der Waals surface area contributed by atoms with Gasteiger partial charge in [-0.15, -0.1) is 0 Å². The number of anilines is 1. The molecule has 0 radical (unpaired) electrons. The Labute approximate surface area is 107 Å². The lowest BCUT2D eigenvalue weighted by Crippen LogP contribution is -2.37. The first kappa shape index (κ1) is 12.4. The minimum Gasteiger partial charge on any atom is -0.352 e. The second kappa shape index (κ2) is 5.53. The molecular formula is C13H18N4O. The summed E-state index contributed by atoms with van der Waals surface area (Å²) >= 11 is 0.